The highest BCUT2D eigenvalue weighted by Gasteiger charge is 2.15. The van der Waals surface area contributed by atoms with Crippen molar-refractivity contribution in [3.05, 3.63) is 11.7 Å². The van der Waals surface area contributed by atoms with Gasteiger partial charge in [-0.25, -0.2) is 0 Å². The Hall–Kier alpha value is -0.900. The van der Waals surface area contributed by atoms with Crippen molar-refractivity contribution in [2.24, 2.45) is 10.9 Å². The van der Waals surface area contributed by atoms with Crippen molar-refractivity contribution in [1.82, 2.24) is 20.8 Å². The molecule has 2 rings (SSSR count). The molecule has 20 heavy (non-hydrogen) atoms. The number of nitrogens with one attached hydrogen (secondary N) is 2. The van der Waals surface area contributed by atoms with Crippen molar-refractivity contribution in [2.45, 2.75) is 19.8 Å². The average molecular weight is 395 g/mol. The molecule has 8 heteroatoms. The van der Waals surface area contributed by atoms with Crippen LogP contribution in [-0.2, 0) is 11.2 Å². The summed E-state index contributed by atoms with van der Waals surface area (Å²) in [5, 5.41) is 10.3. The Morgan fingerprint density at radius 2 is 2.30 bits per heavy atom. The third kappa shape index (κ3) is 5.61. The van der Waals surface area contributed by atoms with Crippen LogP contribution in [0.4, 0.5) is 0 Å². The van der Waals surface area contributed by atoms with E-state index in [4.69, 9.17) is 9.26 Å². The van der Waals surface area contributed by atoms with Crippen LogP contribution >= 0.6 is 24.0 Å². The molecule has 2 heterocycles. The molecule has 0 spiro atoms. The van der Waals surface area contributed by atoms with E-state index in [0.717, 1.165) is 32.1 Å². The summed E-state index contributed by atoms with van der Waals surface area (Å²) in [6.07, 6.45) is 1.80. The van der Waals surface area contributed by atoms with E-state index in [9.17, 15) is 0 Å². The summed E-state index contributed by atoms with van der Waals surface area (Å²) in [6.45, 7) is 5.12. The van der Waals surface area contributed by atoms with Crippen LogP contribution in [0.2, 0.25) is 0 Å². The molecule has 7 nitrogen and oxygen atoms in total. The number of hydrogen-bond acceptors (Lipinski definition) is 5. The fourth-order valence-electron chi connectivity index (χ4n) is 1.94. The van der Waals surface area contributed by atoms with Gasteiger partial charge in [0.15, 0.2) is 11.8 Å². The molecule has 114 valence electrons. The molecule has 2 N–H and O–H groups in total. The van der Waals surface area contributed by atoms with Gasteiger partial charge in [0, 0.05) is 39.1 Å². The molecule has 1 fully saturated rings. The molecule has 1 aromatic heterocycles. The van der Waals surface area contributed by atoms with Crippen molar-refractivity contribution in [2.75, 3.05) is 33.4 Å². The summed E-state index contributed by atoms with van der Waals surface area (Å²) in [5.41, 5.74) is 0. The van der Waals surface area contributed by atoms with E-state index in [2.05, 4.69) is 25.8 Å². The molecule has 0 radical (unpaired) electrons. The number of ether oxygens (including phenoxy) is 1. The fourth-order valence-corrected chi connectivity index (χ4v) is 1.94. The molecule has 0 aliphatic carbocycles. The van der Waals surface area contributed by atoms with Crippen molar-refractivity contribution >= 4 is 29.9 Å². The summed E-state index contributed by atoms with van der Waals surface area (Å²) >= 11 is 0. The molecule has 0 aromatic carbocycles. The Kier molecular flexibility index (Phi) is 7.82. The van der Waals surface area contributed by atoms with Gasteiger partial charge in [-0.1, -0.05) is 5.16 Å². The van der Waals surface area contributed by atoms with Gasteiger partial charge in [-0.05, 0) is 13.3 Å². The van der Waals surface area contributed by atoms with Crippen molar-refractivity contribution in [1.29, 1.82) is 0 Å². The third-order valence-corrected chi connectivity index (χ3v) is 3.01. The van der Waals surface area contributed by atoms with E-state index in [-0.39, 0.29) is 24.0 Å². The number of aromatic nitrogens is 2. The van der Waals surface area contributed by atoms with Crippen LogP contribution in [0.5, 0.6) is 0 Å². The number of nitrogens with zero attached hydrogens (tertiary/aromatic N) is 3. The van der Waals surface area contributed by atoms with Crippen LogP contribution in [-0.4, -0.2) is 49.5 Å². The Morgan fingerprint density at radius 1 is 1.45 bits per heavy atom. The maximum Gasteiger partial charge on any atom is 0.228 e. The first-order valence-corrected chi connectivity index (χ1v) is 6.59. The number of aryl methyl sites for hydroxylation is 1. The predicted molar refractivity (Wildman–Crippen MR) is 86.4 cm³/mol. The minimum absolute atomic E-state index is 0. The fraction of sp³-hybridized carbons (Fsp3) is 0.750. The maximum atomic E-state index is 5.34. The number of hydrogen-bond donors (Lipinski definition) is 2. The largest absolute Gasteiger partial charge is 0.381 e. The van der Waals surface area contributed by atoms with Gasteiger partial charge in [0.2, 0.25) is 5.89 Å². The maximum absolute atomic E-state index is 5.34. The summed E-state index contributed by atoms with van der Waals surface area (Å²) < 4.78 is 10.4. The zero-order chi connectivity index (χ0) is 13.5. The van der Waals surface area contributed by atoms with Gasteiger partial charge < -0.3 is 19.9 Å². The molecular formula is C12H22IN5O2. The predicted octanol–water partition coefficient (Wildman–Crippen LogP) is 0.740. The molecule has 1 aromatic rings. The number of aliphatic imine (C=N–C) groups is 1. The second-order valence-corrected chi connectivity index (χ2v) is 4.59. The van der Waals surface area contributed by atoms with E-state index in [0.29, 0.717) is 30.6 Å². The van der Waals surface area contributed by atoms with Crippen LogP contribution in [0.3, 0.4) is 0 Å². The van der Waals surface area contributed by atoms with Crippen LogP contribution < -0.4 is 10.6 Å². The molecule has 1 saturated heterocycles. The van der Waals surface area contributed by atoms with Gasteiger partial charge in [-0.2, -0.15) is 4.98 Å². The minimum atomic E-state index is 0. The SMILES string of the molecule is CN=C(NCCc1nc(C)no1)NCC1CCOC1.I. The zero-order valence-corrected chi connectivity index (χ0v) is 14.2. The van der Waals surface area contributed by atoms with Gasteiger partial charge in [0.1, 0.15) is 0 Å². The summed E-state index contributed by atoms with van der Waals surface area (Å²) in [6, 6.07) is 0. The van der Waals surface area contributed by atoms with E-state index >= 15 is 0 Å². The van der Waals surface area contributed by atoms with Gasteiger partial charge in [0.05, 0.1) is 6.61 Å². The average Bonchev–Trinajstić information content (AvgIpc) is 3.05. The molecule has 0 bridgehead atoms. The Bertz CT molecular complexity index is 418. The van der Waals surface area contributed by atoms with Crippen LogP contribution in [0.25, 0.3) is 0 Å². The Labute approximate surface area is 136 Å². The number of halogens is 1. The zero-order valence-electron chi connectivity index (χ0n) is 11.9. The lowest BCUT2D eigenvalue weighted by molar-refractivity contribution is 0.186. The second kappa shape index (κ2) is 9.11. The molecular weight excluding hydrogens is 373 g/mol. The minimum Gasteiger partial charge on any atom is -0.381 e. The topological polar surface area (TPSA) is 84.6 Å². The van der Waals surface area contributed by atoms with E-state index in [1.54, 1.807) is 7.05 Å². The van der Waals surface area contributed by atoms with E-state index in [1.807, 2.05) is 6.92 Å². The lowest BCUT2D eigenvalue weighted by Crippen LogP contribution is -2.40. The number of guanidine groups is 1. The summed E-state index contributed by atoms with van der Waals surface area (Å²) in [5.74, 6) is 2.68. The third-order valence-electron chi connectivity index (χ3n) is 3.01. The van der Waals surface area contributed by atoms with Gasteiger partial charge >= 0.3 is 0 Å². The van der Waals surface area contributed by atoms with Crippen LogP contribution in [0.15, 0.2) is 9.52 Å². The Morgan fingerprint density at radius 3 is 2.90 bits per heavy atom. The van der Waals surface area contributed by atoms with Crippen LogP contribution in [0, 0.1) is 12.8 Å². The van der Waals surface area contributed by atoms with Gasteiger partial charge in [-0.3, -0.25) is 4.99 Å². The highest BCUT2D eigenvalue weighted by Crippen LogP contribution is 2.10. The molecule has 1 aliphatic heterocycles. The van der Waals surface area contributed by atoms with Crippen LogP contribution in [0.1, 0.15) is 18.1 Å². The number of rotatable bonds is 5. The lowest BCUT2D eigenvalue weighted by atomic mass is 10.1. The van der Waals surface area contributed by atoms with Gasteiger partial charge in [-0.15, -0.1) is 24.0 Å². The molecule has 0 amide bonds. The summed E-state index contributed by atoms with van der Waals surface area (Å²) in [4.78, 5) is 8.32. The highest BCUT2D eigenvalue weighted by atomic mass is 127. The van der Waals surface area contributed by atoms with E-state index < -0.39 is 0 Å². The normalized spacial score (nSPS) is 18.7. The first-order chi connectivity index (χ1) is 9.28. The summed E-state index contributed by atoms with van der Waals surface area (Å²) in [7, 11) is 1.76. The molecule has 1 unspecified atom stereocenters. The standard InChI is InChI=1S/C12H21N5O2.HI/c1-9-16-11(19-17-9)3-5-14-12(13-2)15-7-10-4-6-18-8-10;/h10H,3-8H2,1-2H3,(H2,13,14,15);1H. The van der Waals surface area contributed by atoms with Crippen molar-refractivity contribution < 1.29 is 9.26 Å². The second-order valence-electron chi connectivity index (χ2n) is 4.59. The quantitative estimate of drug-likeness (QED) is 0.435. The lowest BCUT2D eigenvalue weighted by Gasteiger charge is -2.13. The molecule has 1 aliphatic rings. The Balaban J connectivity index is 0.00000200. The van der Waals surface area contributed by atoms with Gasteiger partial charge in [0.25, 0.3) is 0 Å². The molecule has 0 saturated carbocycles. The van der Waals surface area contributed by atoms with E-state index in [1.165, 1.54) is 0 Å². The first-order valence-electron chi connectivity index (χ1n) is 6.59. The monoisotopic (exact) mass is 395 g/mol. The van der Waals surface area contributed by atoms with Crippen molar-refractivity contribution in [3.63, 3.8) is 0 Å². The highest BCUT2D eigenvalue weighted by molar-refractivity contribution is 14.0. The first kappa shape index (κ1) is 17.2. The van der Waals surface area contributed by atoms with Crippen molar-refractivity contribution in [3.8, 4) is 0 Å². The smallest absolute Gasteiger partial charge is 0.228 e. The molecule has 1 atom stereocenters.